The summed E-state index contributed by atoms with van der Waals surface area (Å²) in [5.74, 6) is 1.46. The Hall–Kier alpha value is -1.31. The van der Waals surface area contributed by atoms with E-state index in [9.17, 15) is 8.42 Å². The van der Waals surface area contributed by atoms with Crippen LogP contribution in [0.5, 0.6) is 11.5 Å². The Morgan fingerprint density at radius 3 is 2.38 bits per heavy atom. The van der Waals surface area contributed by atoms with Crippen LogP contribution < -0.4 is 19.5 Å². The number of nitrogens with one attached hydrogen (secondary N) is 2. The Labute approximate surface area is 126 Å². The van der Waals surface area contributed by atoms with E-state index in [4.69, 9.17) is 9.47 Å². The second-order valence-corrected chi connectivity index (χ2v) is 7.29. The minimum absolute atomic E-state index is 0.495. The predicted molar refractivity (Wildman–Crippen MR) is 83.3 cm³/mol. The topological polar surface area (TPSA) is 76.7 Å². The minimum atomic E-state index is -3.23. The molecule has 6 nitrogen and oxygen atoms in total. The van der Waals surface area contributed by atoms with Gasteiger partial charge in [0.05, 0.1) is 20.5 Å². The average Bonchev–Trinajstić information content (AvgIpc) is 2.35. The second-order valence-electron chi connectivity index (χ2n) is 5.54. The maximum Gasteiger partial charge on any atom is 0.209 e. The fourth-order valence-electron chi connectivity index (χ4n) is 2.05. The van der Waals surface area contributed by atoms with Crippen LogP contribution in [0.1, 0.15) is 19.4 Å². The van der Waals surface area contributed by atoms with Crippen LogP contribution in [-0.2, 0) is 16.6 Å². The van der Waals surface area contributed by atoms with Gasteiger partial charge in [0, 0.05) is 30.3 Å². The first kappa shape index (κ1) is 17.7. The highest BCUT2D eigenvalue weighted by Crippen LogP contribution is 2.24. The van der Waals surface area contributed by atoms with Gasteiger partial charge in [-0.1, -0.05) is 6.07 Å². The van der Waals surface area contributed by atoms with Crippen LogP contribution in [0.4, 0.5) is 0 Å². The van der Waals surface area contributed by atoms with Crippen molar-refractivity contribution >= 4 is 10.0 Å². The summed E-state index contributed by atoms with van der Waals surface area (Å²) in [6.45, 7) is 4.72. The number of ether oxygens (including phenoxy) is 2. The third kappa shape index (κ3) is 6.33. The molecule has 21 heavy (non-hydrogen) atoms. The summed E-state index contributed by atoms with van der Waals surface area (Å²) in [5.41, 5.74) is 0.418. The first-order valence-corrected chi connectivity index (χ1v) is 8.46. The molecule has 0 bridgehead atoms. The van der Waals surface area contributed by atoms with E-state index in [0.29, 0.717) is 13.1 Å². The van der Waals surface area contributed by atoms with Crippen molar-refractivity contribution in [3.63, 3.8) is 0 Å². The van der Waals surface area contributed by atoms with Gasteiger partial charge in [-0.15, -0.1) is 0 Å². The molecule has 0 saturated heterocycles. The van der Waals surface area contributed by atoms with E-state index < -0.39 is 15.6 Å². The normalized spacial score (nSPS) is 12.2. The Bertz CT molecular complexity index is 570. The lowest BCUT2D eigenvalue weighted by Crippen LogP contribution is -2.49. The quantitative estimate of drug-likeness (QED) is 0.751. The molecule has 0 aliphatic rings. The number of hydrogen-bond donors (Lipinski definition) is 2. The molecule has 0 atom stereocenters. The van der Waals surface area contributed by atoms with Gasteiger partial charge in [0.15, 0.2) is 0 Å². The van der Waals surface area contributed by atoms with Crippen LogP contribution in [0.2, 0.25) is 0 Å². The molecule has 0 saturated carbocycles. The fourth-order valence-corrected chi connectivity index (χ4v) is 3.12. The molecule has 0 heterocycles. The zero-order chi connectivity index (χ0) is 16.1. The highest BCUT2D eigenvalue weighted by molar-refractivity contribution is 7.88. The van der Waals surface area contributed by atoms with E-state index in [2.05, 4.69) is 10.0 Å². The molecular formula is C14H24N2O4S. The molecule has 120 valence electrons. The molecule has 0 aliphatic carbocycles. The molecule has 1 aromatic carbocycles. The molecule has 0 aromatic heterocycles. The van der Waals surface area contributed by atoms with E-state index in [1.165, 1.54) is 0 Å². The van der Waals surface area contributed by atoms with Crippen LogP contribution >= 0.6 is 0 Å². The summed E-state index contributed by atoms with van der Waals surface area (Å²) in [7, 11) is -0.0221. The highest BCUT2D eigenvalue weighted by atomic mass is 32.2. The van der Waals surface area contributed by atoms with Gasteiger partial charge in [0.1, 0.15) is 11.5 Å². The number of hydrogen-bond acceptors (Lipinski definition) is 5. The van der Waals surface area contributed by atoms with Crippen LogP contribution in [-0.4, -0.2) is 41.0 Å². The monoisotopic (exact) mass is 316 g/mol. The summed E-state index contributed by atoms with van der Waals surface area (Å²) in [5, 5.41) is 3.23. The lowest BCUT2D eigenvalue weighted by molar-refractivity contribution is 0.385. The zero-order valence-electron chi connectivity index (χ0n) is 13.2. The molecule has 0 radical (unpaired) electrons. The summed E-state index contributed by atoms with van der Waals surface area (Å²) in [6.07, 6.45) is 1.15. The Morgan fingerprint density at radius 1 is 1.19 bits per heavy atom. The maximum absolute atomic E-state index is 11.3. The van der Waals surface area contributed by atoms with Crippen LogP contribution in [0, 0.1) is 0 Å². The molecule has 1 aromatic rings. The van der Waals surface area contributed by atoms with Crippen molar-refractivity contribution in [1.82, 2.24) is 10.0 Å². The van der Waals surface area contributed by atoms with Crippen molar-refractivity contribution in [2.75, 3.05) is 27.0 Å². The van der Waals surface area contributed by atoms with Crippen molar-refractivity contribution in [2.45, 2.75) is 25.9 Å². The van der Waals surface area contributed by atoms with Gasteiger partial charge in [0.2, 0.25) is 10.0 Å². The zero-order valence-corrected chi connectivity index (χ0v) is 14.0. The Kier molecular flexibility index (Phi) is 6.00. The van der Waals surface area contributed by atoms with Crippen molar-refractivity contribution in [3.05, 3.63) is 23.8 Å². The van der Waals surface area contributed by atoms with Crippen molar-refractivity contribution in [2.24, 2.45) is 0 Å². The molecular weight excluding hydrogens is 292 g/mol. The maximum atomic E-state index is 11.3. The lowest BCUT2D eigenvalue weighted by atomic mass is 10.1. The van der Waals surface area contributed by atoms with Crippen LogP contribution in [0.15, 0.2) is 18.2 Å². The second kappa shape index (κ2) is 7.11. The van der Waals surface area contributed by atoms with Gasteiger partial charge in [-0.2, -0.15) is 0 Å². The summed E-state index contributed by atoms with van der Waals surface area (Å²) in [6, 6.07) is 5.60. The molecule has 7 heteroatoms. The molecule has 0 aliphatic heterocycles. The first-order chi connectivity index (χ1) is 9.67. The van der Waals surface area contributed by atoms with E-state index in [0.717, 1.165) is 23.3 Å². The number of benzene rings is 1. The van der Waals surface area contributed by atoms with Gasteiger partial charge in [0.25, 0.3) is 0 Å². The van der Waals surface area contributed by atoms with Crippen molar-refractivity contribution < 1.29 is 17.9 Å². The van der Waals surface area contributed by atoms with Gasteiger partial charge in [-0.25, -0.2) is 13.1 Å². The highest BCUT2D eigenvalue weighted by Gasteiger charge is 2.21. The third-order valence-corrected chi connectivity index (χ3v) is 3.76. The summed E-state index contributed by atoms with van der Waals surface area (Å²) in [4.78, 5) is 0. The molecule has 0 amide bonds. The number of methoxy groups -OCH3 is 2. The van der Waals surface area contributed by atoms with E-state index in [-0.39, 0.29) is 0 Å². The summed E-state index contributed by atoms with van der Waals surface area (Å²) < 4.78 is 35.6. The molecule has 0 fully saturated rings. The largest absolute Gasteiger partial charge is 0.497 e. The molecule has 2 N–H and O–H groups in total. The first-order valence-electron chi connectivity index (χ1n) is 6.57. The van der Waals surface area contributed by atoms with Crippen LogP contribution in [0.3, 0.4) is 0 Å². The van der Waals surface area contributed by atoms with Gasteiger partial charge < -0.3 is 14.8 Å². The average molecular weight is 316 g/mol. The van der Waals surface area contributed by atoms with Crippen LogP contribution in [0.25, 0.3) is 0 Å². The molecule has 0 unspecified atom stereocenters. The molecule has 1 rings (SSSR count). The van der Waals surface area contributed by atoms with Gasteiger partial charge in [-0.05, 0) is 19.9 Å². The standard InChI is InChI=1S/C14H24N2O4S/c1-14(2,16-21(5,17)18)10-15-9-11-6-7-12(19-3)8-13(11)20-4/h6-8,15-16H,9-10H2,1-5H3. The fraction of sp³-hybridized carbons (Fsp3) is 0.571. The Morgan fingerprint density at radius 2 is 1.86 bits per heavy atom. The minimum Gasteiger partial charge on any atom is -0.497 e. The van der Waals surface area contributed by atoms with Crippen molar-refractivity contribution in [3.8, 4) is 11.5 Å². The third-order valence-electron chi connectivity index (χ3n) is 2.84. The number of rotatable bonds is 8. The Balaban J connectivity index is 2.64. The number of sulfonamides is 1. The lowest BCUT2D eigenvalue weighted by Gasteiger charge is -2.25. The van der Waals surface area contributed by atoms with E-state index in [1.807, 2.05) is 32.0 Å². The van der Waals surface area contributed by atoms with Gasteiger partial charge in [-0.3, -0.25) is 0 Å². The van der Waals surface area contributed by atoms with Gasteiger partial charge >= 0.3 is 0 Å². The summed E-state index contributed by atoms with van der Waals surface area (Å²) >= 11 is 0. The molecule has 0 spiro atoms. The smallest absolute Gasteiger partial charge is 0.209 e. The van der Waals surface area contributed by atoms with E-state index in [1.54, 1.807) is 14.2 Å². The van der Waals surface area contributed by atoms with Crippen molar-refractivity contribution in [1.29, 1.82) is 0 Å². The SMILES string of the molecule is COc1ccc(CNCC(C)(C)NS(C)(=O)=O)c(OC)c1. The predicted octanol–water partition coefficient (Wildman–Crippen LogP) is 1.12. The van der Waals surface area contributed by atoms with E-state index >= 15 is 0 Å².